The van der Waals surface area contributed by atoms with Crippen LogP contribution in [0.25, 0.3) is 0 Å². The van der Waals surface area contributed by atoms with Gasteiger partial charge in [0.2, 0.25) is 0 Å². The van der Waals surface area contributed by atoms with E-state index >= 15 is 0 Å². The van der Waals surface area contributed by atoms with Gasteiger partial charge in [-0.3, -0.25) is 4.79 Å². The second kappa shape index (κ2) is 8.29. The minimum atomic E-state index is -4.95. The normalized spacial score (nSPS) is 19.4. The topological polar surface area (TPSA) is 69.6 Å². The van der Waals surface area contributed by atoms with Gasteiger partial charge in [-0.25, -0.2) is 13.6 Å². The average Bonchev–Trinajstić information content (AvgIpc) is 2.68. The van der Waals surface area contributed by atoms with Crippen molar-refractivity contribution in [2.24, 2.45) is 0 Å². The summed E-state index contributed by atoms with van der Waals surface area (Å²) in [6.07, 6.45) is -5.91. The minimum Gasteiger partial charge on any atom is -0.465 e. The van der Waals surface area contributed by atoms with Crippen molar-refractivity contribution in [3.05, 3.63) is 70.8 Å². The van der Waals surface area contributed by atoms with Gasteiger partial charge in [-0.2, -0.15) is 13.2 Å². The third kappa shape index (κ3) is 4.69. The Hall–Kier alpha value is -3.17. The number of alkyl halides is 3. The highest BCUT2D eigenvalue weighted by Gasteiger charge is 2.36. The summed E-state index contributed by atoms with van der Waals surface area (Å²) in [5, 5.41) is 11.9. The van der Waals surface area contributed by atoms with Crippen LogP contribution in [0.4, 0.5) is 26.7 Å². The number of nitrogens with zero attached hydrogens (tertiary/aromatic N) is 1. The van der Waals surface area contributed by atoms with E-state index in [-0.39, 0.29) is 25.1 Å². The molecule has 10 heteroatoms. The molecule has 0 radical (unpaired) electrons. The van der Waals surface area contributed by atoms with Crippen LogP contribution in [0.3, 0.4) is 0 Å². The molecule has 30 heavy (non-hydrogen) atoms. The van der Waals surface area contributed by atoms with Gasteiger partial charge in [0.25, 0.3) is 5.91 Å². The maximum atomic E-state index is 13.5. The molecule has 2 atom stereocenters. The molecule has 1 aliphatic rings. The fourth-order valence-corrected chi connectivity index (χ4v) is 3.48. The number of carbonyl (C=O) groups is 2. The molecule has 0 aliphatic carbocycles. The van der Waals surface area contributed by atoms with Crippen LogP contribution in [0.15, 0.2) is 42.5 Å². The highest BCUT2D eigenvalue weighted by atomic mass is 19.4. The first-order valence-corrected chi connectivity index (χ1v) is 8.97. The first-order chi connectivity index (χ1) is 14.1. The van der Waals surface area contributed by atoms with Crippen LogP contribution in [0.5, 0.6) is 0 Å². The van der Waals surface area contributed by atoms with E-state index in [4.69, 9.17) is 0 Å². The number of carbonyl (C=O) groups excluding carboxylic acids is 1. The summed E-state index contributed by atoms with van der Waals surface area (Å²) in [4.78, 5) is 25.0. The zero-order chi connectivity index (χ0) is 22.1. The molecule has 0 spiro atoms. The van der Waals surface area contributed by atoms with E-state index in [1.807, 2.05) is 0 Å². The zero-order valence-electron chi connectivity index (χ0n) is 15.4. The van der Waals surface area contributed by atoms with Gasteiger partial charge < -0.3 is 15.3 Å². The zero-order valence-corrected chi connectivity index (χ0v) is 15.4. The summed E-state index contributed by atoms with van der Waals surface area (Å²) in [5.41, 5.74) is -1.35. The molecule has 160 valence electrons. The fourth-order valence-electron chi connectivity index (χ4n) is 3.48. The van der Waals surface area contributed by atoms with Gasteiger partial charge >= 0.3 is 12.3 Å². The molecule has 1 heterocycles. The lowest BCUT2D eigenvalue weighted by Crippen LogP contribution is -2.51. The summed E-state index contributed by atoms with van der Waals surface area (Å²) < 4.78 is 65.5. The molecule has 0 bridgehead atoms. The highest BCUT2D eigenvalue weighted by Crippen LogP contribution is 2.32. The SMILES string of the molecule is O=C(N[C@@H]1CCN(C(=O)O)C[C@H]1c1ccc(F)cc1)c1ccc(F)c(C(F)(F)F)c1. The molecule has 2 amide bonds. The molecule has 0 unspecified atom stereocenters. The summed E-state index contributed by atoms with van der Waals surface area (Å²) >= 11 is 0. The quantitative estimate of drug-likeness (QED) is 0.719. The fraction of sp³-hybridized carbons (Fsp3) is 0.300. The number of carboxylic acid groups (broad SMARTS) is 1. The number of amides is 2. The molecule has 5 nitrogen and oxygen atoms in total. The van der Waals surface area contributed by atoms with Gasteiger partial charge in [-0.05, 0) is 42.3 Å². The molecular weight excluding hydrogens is 411 g/mol. The van der Waals surface area contributed by atoms with Gasteiger partial charge in [-0.15, -0.1) is 0 Å². The average molecular weight is 428 g/mol. The number of hydrogen-bond acceptors (Lipinski definition) is 2. The number of hydrogen-bond donors (Lipinski definition) is 2. The Labute approximate surface area is 168 Å². The molecule has 2 N–H and O–H groups in total. The van der Waals surface area contributed by atoms with E-state index < -0.39 is 47.3 Å². The number of halogens is 5. The third-order valence-corrected chi connectivity index (χ3v) is 5.03. The molecular formula is C20H17F5N2O3. The maximum absolute atomic E-state index is 13.5. The second-order valence-corrected chi connectivity index (χ2v) is 6.95. The van der Waals surface area contributed by atoms with Crippen LogP contribution in [0.1, 0.15) is 33.8 Å². The Bertz CT molecular complexity index is 946. The van der Waals surface area contributed by atoms with E-state index in [2.05, 4.69) is 5.32 Å². The highest BCUT2D eigenvalue weighted by molar-refractivity contribution is 5.94. The van der Waals surface area contributed by atoms with Gasteiger partial charge in [-0.1, -0.05) is 12.1 Å². The van der Waals surface area contributed by atoms with Crippen LogP contribution in [-0.2, 0) is 6.18 Å². The summed E-state index contributed by atoms with van der Waals surface area (Å²) in [5.74, 6) is -3.36. The molecule has 1 aliphatic heterocycles. The molecule has 2 aromatic carbocycles. The maximum Gasteiger partial charge on any atom is 0.419 e. The predicted octanol–water partition coefficient (Wildman–Crippen LogP) is 4.25. The minimum absolute atomic E-state index is 0.0170. The van der Waals surface area contributed by atoms with Crippen molar-refractivity contribution in [2.75, 3.05) is 13.1 Å². The Morgan fingerprint density at radius 1 is 1.07 bits per heavy atom. The van der Waals surface area contributed by atoms with Crippen LogP contribution >= 0.6 is 0 Å². The van der Waals surface area contributed by atoms with Crippen LogP contribution in [-0.4, -0.2) is 41.1 Å². The van der Waals surface area contributed by atoms with Gasteiger partial charge in [0, 0.05) is 30.6 Å². The van der Waals surface area contributed by atoms with Gasteiger partial charge in [0.1, 0.15) is 11.6 Å². The molecule has 0 aromatic heterocycles. The molecule has 3 rings (SSSR count). The predicted molar refractivity (Wildman–Crippen MR) is 96.0 cm³/mol. The van der Waals surface area contributed by atoms with Crippen LogP contribution in [0.2, 0.25) is 0 Å². The smallest absolute Gasteiger partial charge is 0.419 e. The van der Waals surface area contributed by atoms with Crippen molar-refractivity contribution in [1.82, 2.24) is 10.2 Å². The van der Waals surface area contributed by atoms with E-state index in [1.54, 1.807) is 0 Å². The van der Waals surface area contributed by atoms with Crippen LogP contribution in [0, 0.1) is 11.6 Å². The molecule has 1 fully saturated rings. The summed E-state index contributed by atoms with van der Waals surface area (Å²) in [6.45, 7) is 0.123. The molecule has 2 aromatic rings. The lowest BCUT2D eigenvalue weighted by atomic mass is 9.86. The molecule has 0 saturated carbocycles. The third-order valence-electron chi connectivity index (χ3n) is 5.03. The number of nitrogens with one attached hydrogen (secondary N) is 1. The lowest BCUT2D eigenvalue weighted by molar-refractivity contribution is -0.140. The Balaban J connectivity index is 1.85. The van der Waals surface area contributed by atoms with E-state index in [0.717, 1.165) is 11.0 Å². The standard InChI is InChI=1S/C20H17F5N2O3/c21-13-4-1-11(2-5-13)14-10-27(19(29)30)8-7-17(14)26-18(28)12-3-6-16(22)15(9-12)20(23,24)25/h1-6,9,14,17H,7-8,10H2,(H,26,28)(H,29,30)/t14-,17+/m0/s1. The van der Waals surface area contributed by atoms with E-state index in [9.17, 15) is 36.6 Å². The van der Waals surface area contributed by atoms with Crippen LogP contribution < -0.4 is 5.32 Å². The Morgan fingerprint density at radius 3 is 2.33 bits per heavy atom. The second-order valence-electron chi connectivity index (χ2n) is 6.95. The largest absolute Gasteiger partial charge is 0.465 e. The van der Waals surface area contributed by atoms with Crippen molar-refractivity contribution in [3.63, 3.8) is 0 Å². The number of likely N-dealkylation sites (tertiary alicyclic amines) is 1. The number of rotatable bonds is 3. The van der Waals surface area contributed by atoms with Gasteiger partial charge in [0.05, 0.1) is 5.56 Å². The summed E-state index contributed by atoms with van der Waals surface area (Å²) in [6, 6.07) is 6.66. The van der Waals surface area contributed by atoms with Crippen molar-refractivity contribution in [1.29, 1.82) is 0 Å². The van der Waals surface area contributed by atoms with Gasteiger partial charge in [0.15, 0.2) is 0 Å². The first kappa shape index (κ1) is 21.5. The lowest BCUT2D eigenvalue weighted by Gasteiger charge is -2.38. The Kier molecular flexibility index (Phi) is 5.95. The number of benzene rings is 2. The number of piperidine rings is 1. The monoisotopic (exact) mass is 428 g/mol. The Morgan fingerprint density at radius 2 is 1.73 bits per heavy atom. The van der Waals surface area contributed by atoms with Crippen molar-refractivity contribution in [3.8, 4) is 0 Å². The van der Waals surface area contributed by atoms with E-state index in [1.165, 1.54) is 24.3 Å². The first-order valence-electron chi connectivity index (χ1n) is 8.97. The van der Waals surface area contributed by atoms with E-state index in [0.29, 0.717) is 17.7 Å². The van der Waals surface area contributed by atoms with Crippen molar-refractivity contribution >= 4 is 12.0 Å². The summed E-state index contributed by atoms with van der Waals surface area (Å²) in [7, 11) is 0. The van der Waals surface area contributed by atoms with Crippen molar-refractivity contribution < 1.29 is 36.6 Å². The van der Waals surface area contributed by atoms with Crippen molar-refractivity contribution in [2.45, 2.75) is 24.6 Å². The molecule has 1 saturated heterocycles.